The zero-order chi connectivity index (χ0) is 8.85. The van der Waals surface area contributed by atoms with Gasteiger partial charge in [-0.15, -0.1) is 8.96 Å². The van der Waals surface area contributed by atoms with Crippen molar-refractivity contribution in [2.75, 3.05) is 13.2 Å². The highest BCUT2D eigenvalue weighted by Crippen LogP contribution is 1.99. The molecular weight excluding hydrogens is 156 g/mol. The van der Waals surface area contributed by atoms with Crippen molar-refractivity contribution in [3.63, 3.8) is 0 Å². The van der Waals surface area contributed by atoms with E-state index in [0.717, 1.165) is 0 Å². The van der Waals surface area contributed by atoms with E-state index in [-0.39, 0.29) is 12.2 Å². The van der Waals surface area contributed by atoms with E-state index in [2.05, 4.69) is 11.3 Å². The van der Waals surface area contributed by atoms with Crippen LogP contribution in [0.2, 0.25) is 0 Å². The molecule has 64 valence electrons. The fraction of sp³-hybridized carbons (Fsp3) is 0.500. The number of carbonyl (C=O) groups is 1. The van der Waals surface area contributed by atoms with Gasteiger partial charge in [0.1, 0.15) is 0 Å². The first-order valence-electron chi connectivity index (χ1n) is 3.02. The molecule has 0 spiro atoms. The number of esters is 1. The first kappa shape index (κ1) is 10.0. The van der Waals surface area contributed by atoms with Crippen LogP contribution in [-0.2, 0) is 9.53 Å². The SMILES string of the molecule is C=C(CN(F)F)C(=O)OCC. The number of carbonyl (C=O) groups excluding carboxylic acids is 1. The van der Waals surface area contributed by atoms with Gasteiger partial charge in [0.2, 0.25) is 0 Å². The van der Waals surface area contributed by atoms with E-state index < -0.39 is 17.9 Å². The summed E-state index contributed by atoms with van der Waals surface area (Å²) < 4.78 is 27.3. The van der Waals surface area contributed by atoms with Gasteiger partial charge < -0.3 is 4.74 Å². The Morgan fingerprint density at radius 2 is 2.18 bits per heavy atom. The fourth-order valence-corrected chi connectivity index (χ4v) is 0.442. The molecule has 0 aliphatic carbocycles. The van der Waals surface area contributed by atoms with Crippen LogP contribution >= 0.6 is 0 Å². The third-order valence-electron chi connectivity index (χ3n) is 0.874. The molecule has 0 bridgehead atoms. The fourth-order valence-electron chi connectivity index (χ4n) is 0.442. The summed E-state index contributed by atoms with van der Waals surface area (Å²) in [6.45, 7) is 4.09. The minimum Gasteiger partial charge on any atom is -0.463 e. The van der Waals surface area contributed by atoms with Crippen molar-refractivity contribution in [3.05, 3.63) is 12.2 Å². The molecule has 0 N–H and O–H groups in total. The smallest absolute Gasteiger partial charge is 0.334 e. The normalized spacial score (nSPS) is 9.82. The van der Waals surface area contributed by atoms with Gasteiger partial charge in [-0.3, -0.25) is 0 Å². The molecule has 0 radical (unpaired) electrons. The maximum Gasteiger partial charge on any atom is 0.334 e. The Balaban J connectivity index is 3.74. The van der Waals surface area contributed by atoms with Crippen molar-refractivity contribution < 1.29 is 18.5 Å². The monoisotopic (exact) mass is 165 g/mol. The Bertz CT molecular complexity index is 159. The topological polar surface area (TPSA) is 29.5 Å². The summed E-state index contributed by atoms with van der Waals surface area (Å²) in [5, 5.41) is -1.13. The summed E-state index contributed by atoms with van der Waals surface area (Å²) in [6.07, 6.45) is 0. The van der Waals surface area contributed by atoms with Crippen LogP contribution in [0.5, 0.6) is 0 Å². The van der Waals surface area contributed by atoms with Gasteiger partial charge in [-0.05, 0) is 6.92 Å². The first-order chi connectivity index (χ1) is 5.07. The van der Waals surface area contributed by atoms with E-state index >= 15 is 0 Å². The molecule has 0 aromatic heterocycles. The van der Waals surface area contributed by atoms with Gasteiger partial charge in [-0.2, -0.15) is 0 Å². The number of ether oxygens (including phenoxy) is 1. The Morgan fingerprint density at radius 1 is 1.64 bits per heavy atom. The Labute approximate surface area is 63.1 Å². The number of rotatable bonds is 4. The lowest BCUT2D eigenvalue weighted by molar-refractivity contribution is -0.154. The lowest BCUT2D eigenvalue weighted by Crippen LogP contribution is -2.15. The van der Waals surface area contributed by atoms with Gasteiger partial charge in [0.25, 0.3) is 0 Å². The molecule has 0 saturated heterocycles. The Morgan fingerprint density at radius 3 is 2.55 bits per heavy atom. The predicted octanol–water partition coefficient (Wildman–Crippen LogP) is 1.18. The largest absolute Gasteiger partial charge is 0.463 e. The standard InChI is InChI=1S/C6H9F2NO2/c1-3-11-6(10)5(2)4-9(7)8/h2-4H2,1H3. The highest BCUT2D eigenvalue weighted by atomic mass is 19.4. The van der Waals surface area contributed by atoms with Crippen molar-refractivity contribution in [3.8, 4) is 0 Å². The molecule has 0 unspecified atom stereocenters. The second kappa shape index (κ2) is 4.79. The molecule has 11 heavy (non-hydrogen) atoms. The number of halogens is 2. The molecule has 0 aromatic rings. The first-order valence-corrected chi connectivity index (χ1v) is 3.02. The van der Waals surface area contributed by atoms with Crippen molar-refractivity contribution in [1.29, 1.82) is 0 Å². The molecule has 0 amide bonds. The van der Waals surface area contributed by atoms with E-state index in [1.54, 1.807) is 6.92 Å². The van der Waals surface area contributed by atoms with E-state index in [9.17, 15) is 13.8 Å². The highest BCUT2D eigenvalue weighted by Gasteiger charge is 2.11. The molecule has 3 nitrogen and oxygen atoms in total. The molecule has 0 atom stereocenters. The third-order valence-corrected chi connectivity index (χ3v) is 0.874. The molecular formula is C6H9F2NO2. The lowest BCUT2D eigenvalue weighted by atomic mass is 10.3. The summed E-state index contributed by atoms with van der Waals surface area (Å²) >= 11 is 0. The van der Waals surface area contributed by atoms with Gasteiger partial charge in [-0.1, -0.05) is 6.58 Å². The molecule has 0 saturated carbocycles. The van der Waals surface area contributed by atoms with Crippen LogP contribution in [0.3, 0.4) is 0 Å². The van der Waals surface area contributed by atoms with Crippen LogP contribution in [0.15, 0.2) is 12.2 Å². The second-order valence-corrected chi connectivity index (χ2v) is 1.79. The molecule has 0 aliphatic heterocycles. The molecule has 0 rings (SSSR count). The van der Waals surface area contributed by atoms with Gasteiger partial charge in [0, 0.05) is 10.9 Å². The Kier molecular flexibility index (Phi) is 4.36. The summed E-state index contributed by atoms with van der Waals surface area (Å²) in [5.41, 5.74) is -0.253. The predicted molar refractivity (Wildman–Crippen MR) is 34.7 cm³/mol. The average molecular weight is 165 g/mol. The van der Waals surface area contributed by atoms with Gasteiger partial charge >= 0.3 is 5.97 Å². The second-order valence-electron chi connectivity index (χ2n) is 1.79. The third kappa shape index (κ3) is 4.44. The minimum absolute atomic E-state index is 0.163. The average Bonchev–Trinajstić information content (AvgIpc) is 1.86. The number of hydrogen-bond donors (Lipinski definition) is 0. The molecule has 0 heterocycles. The zero-order valence-corrected chi connectivity index (χ0v) is 6.14. The van der Waals surface area contributed by atoms with Gasteiger partial charge in [-0.25, -0.2) is 4.79 Å². The highest BCUT2D eigenvalue weighted by molar-refractivity contribution is 5.88. The maximum absolute atomic E-state index is 11.5. The summed E-state index contributed by atoms with van der Waals surface area (Å²) in [5.74, 6) is -0.784. The van der Waals surface area contributed by atoms with E-state index in [1.165, 1.54) is 0 Å². The van der Waals surface area contributed by atoms with Crippen molar-refractivity contribution in [2.45, 2.75) is 6.92 Å². The van der Waals surface area contributed by atoms with Gasteiger partial charge in [0.15, 0.2) is 0 Å². The lowest BCUT2D eigenvalue weighted by Gasteiger charge is -2.03. The summed E-state index contributed by atoms with van der Waals surface area (Å²) in [4.78, 5) is 10.6. The summed E-state index contributed by atoms with van der Waals surface area (Å²) in [6, 6.07) is 0. The van der Waals surface area contributed by atoms with Crippen LogP contribution in [0.25, 0.3) is 0 Å². The quantitative estimate of drug-likeness (QED) is 0.356. The van der Waals surface area contributed by atoms with Crippen LogP contribution in [0, 0.1) is 0 Å². The van der Waals surface area contributed by atoms with E-state index in [0.29, 0.717) is 0 Å². The number of hydrogen-bond acceptors (Lipinski definition) is 3. The molecule has 0 aliphatic rings. The van der Waals surface area contributed by atoms with Crippen LogP contribution in [0.4, 0.5) is 8.96 Å². The molecule has 0 aromatic carbocycles. The maximum atomic E-state index is 11.5. The Hall–Kier alpha value is -0.970. The zero-order valence-electron chi connectivity index (χ0n) is 6.14. The van der Waals surface area contributed by atoms with Crippen molar-refractivity contribution >= 4 is 5.97 Å². The van der Waals surface area contributed by atoms with E-state index in [4.69, 9.17) is 0 Å². The van der Waals surface area contributed by atoms with E-state index in [1.807, 2.05) is 0 Å². The van der Waals surface area contributed by atoms with Crippen molar-refractivity contribution in [2.24, 2.45) is 0 Å². The minimum atomic E-state index is -1.13. The van der Waals surface area contributed by atoms with Gasteiger partial charge in [0.05, 0.1) is 13.2 Å². The molecule has 5 heteroatoms. The van der Waals surface area contributed by atoms with Crippen LogP contribution in [0.1, 0.15) is 6.92 Å². The van der Waals surface area contributed by atoms with Crippen molar-refractivity contribution in [1.82, 2.24) is 5.34 Å². The summed E-state index contributed by atoms with van der Waals surface area (Å²) in [7, 11) is 0. The van der Waals surface area contributed by atoms with Crippen LogP contribution in [-0.4, -0.2) is 24.5 Å². The number of nitrogens with zero attached hydrogens (tertiary/aromatic N) is 1. The van der Waals surface area contributed by atoms with Crippen LogP contribution < -0.4 is 0 Å². The molecule has 0 fully saturated rings.